The number of hydrogen-bond acceptors (Lipinski definition) is 5. The third-order valence-electron chi connectivity index (χ3n) is 5.54. The fraction of sp³-hybridized carbons (Fsp3) is 0.259. The zero-order valence-corrected chi connectivity index (χ0v) is 20.7. The van der Waals surface area contributed by atoms with Crippen LogP contribution in [0.4, 0.5) is 5.69 Å². The lowest BCUT2D eigenvalue weighted by Gasteiger charge is -2.33. The SMILES string of the molecule is COc1ccccc1NC(=S)N/N=C1/CC(C)(C)Oc2ccc(OCc3ccccc3C)cc21. The van der Waals surface area contributed by atoms with Crippen molar-refractivity contribution >= 4 is 28.7 Å². The number of methoxy groups -OCH3 is 1. The number of ether oxygens (including phenoxy) is 3. The number of nitrogens with one attached hydrogen (secondary N) is 2. The number of thiocarbonyl (C=S) groups is 1. The van der Waals surface area contributed by atoms with Gasteiger partial charge in [0.15, 0.2) is 5.11 Å². The summed E-state index contributed by atoms with van der Waals surface area (Å²) in [5, 5.41) is 8.14. The molecule has 6 nitrogen and oxygen atoms in total. The minimum atomic E-state index is -0.394. The molecule has 0 atom stereocenters. The van der Waals surface area contributed by atoms with Gasteiger partial charge in [-0.1, -0.05) is 36.4 Å². The van der Waals surface area contributed by atoms with Gasteiger partial charge in [-0.25, -0.2) is 0 Å². The van der Waals surface area contributed by atoms with E-state index in [0.29, 0.717) is 23.9 Å². The van der Waals surface area contributed by atoms with Crippen LogP contribution in [0, 0.1) is 6.92 Å². The van der Waals surface area contributed by atoms with E-state index in [-0.39, 0.29) is 0 Å². The van der Waals surface area contributed by atoms with E-state index in [9.17, 15) is 0 Å². The first-order valence-corrected chi connectivity index (χ1v) is 11.5. The summed E-state index contributed by atoms with van der Waals surface area (Å²) in [6, 6.07) is 21.6. The molecule has 1 aliphatic heterocycles. The summed E-state index contributed by atoms with van der Waals surface area (Å²) >= 11 is 5.46. The summed E-state index contributed by atoms with van der Waals surface area (Å²) in [7, 11) is 1.62. The fourth-order valence-corrected chi connectivity index (χ4v) is 3.95. The Bertz CT molecular complexity index is 1220. The molecule has 3 aromatic carbocycles. The smallest absolute Gasteiger partial charge is 0.191 e. The highest BCUT2D eigenvalue weighted by Gasteiger charge is 2.31. The summed E-state index contributed by atoms with van der Waals surface area (Å²) in [5.74, 6) is 2.23. The zero-order chi connectivity index (χ0) is 24.1. The zero-order valence-electron chi connectivity index (χ0n) is 19.8. The van der Waals surface area contributed by atoms with Crippen LogP contribution in [0.5, 0.6) is 17.2 Å². The normalized spacial score (nSPS) is 15.1. The van der Waals surface area contributed by atoms with Crippen molar-refractivity contribution in [3.05, 3.63) is 83.4 Å². The van der Waals surface area contributed by atoms with E-state index in [1.165, 1.54) is 5.56 Å². The first-order chi connectivity index (χ1) is 16.3. The fourth-order valence-electron chi connectivity index (χ4n) is 3.79. The molecule has 1 aliphatic rings. The van der Waals surface area contributed by atoms with Gasteiger partial charge in [-0.05, 0) is 74.4 Å². The van der Waals surface area contributed by atoms with Gasteiger partial charge in [-0.3, -0.25) is 5.43 Å². The Kier molecular flexibility index (Phi) is 7.03. The van der Waals surface area contributed by atoms with Gasteiger partial charge in [0.2, 0.25) is 0 Å². The van der Waals surface area contributed by atoms with E-state index in [0.717, 1.165) is 34.0 Å². The minimum Gasteiger partial charge on any atom is -0.495 e. The molecule has 0 saturated carbocycles. The van der Waals surface area contributed by atoms with E-state index in [1.54, 1.807) is 7.11 Å². The summed E-state index contributed by atoms with van der Waals surface area (Å²) in [4.78, 5) is 0. The second-order valence-electron chi connectivity index (χ2n) is 8.74. The van der Waals surface area contributed by atoms with Crippen molar-refractivity contribution in [3.63, 3.8) is 0 Å². The second kappa shape index (κ2) is 10.1. The molecular weight excluding hydrogens is 446 g/mol. The maximum Gasteiger partial charge on any atom is 0.191 e. The largest absolute Gasteiger partial charge is 0.495 e. The van der Waals surface area contributed by atoms with Crippen LogP contribution < -0.4 is 25.0 Å². The summed E-state index contributed by atoms with van der Waals surface area (Å²) in [6.07, 6.45) is 0.617. The Hall–Kier alpha value is -3.58. The van der Waals surface area contributed by atoms with Crippen molar-refractivity contribution in [2.45, 2.75) is 39.4 Å². The van der Waals surface area contributed by atoms with Crippen LogP contribution in [0.3, 0.4) is 0 Å². The lowest BCUT2D eigenvalue weighted by Crippen LogP contribution is -2.37. The molecule has 0 spiro atoms. The van der Waals surface area contributed by atoms with Crippen LogP contribution in [0.2, 0.25) is 0 Å². The van der Waals surface area contributed by atoms with E-state index < -0.39 is 5.60 Å². The van der Waals surface area contributed by atoms with Crippen molar-refractivity contribution in [3.8, 4) is 17.2 Å². The Labute approximate surface area is 205 Å². The van der Waals surface area contributed by atoms with Crippen LogP contribution in [0.25, 0.3) is 0 Å². The number of para-hydroxylation sites is 2. The van der Waals surface area contributed by atoms with Crippen LogP contribution in [-0.2, 0) is 6.61 Å². The summed E-state index contributed by atoms with van der Waals surface area (Å²) in [6.45, 7) is 6.66. The number of fused-ring (bicyclic) bond motifs is 1. The van der Waals surface area contributed by atoms with E-state index >= 15 is 0 Å². The molecule has 4 rings (SSSR count). The number of benzene rings is 3. The molecule has 0 amide bonds. The van der Waals surface area contributed by atoms with Crippen molar-refractivity contribution in [1.82, 2.24) is 5.43 Å². The topological polar surface area (TPSA) is 64.1 Å². The third-order valence-corrected chi connectivity index (χ3v) is 5.74. The lowest BCUT2D eigenvalue weighted by molar-refractivity contribution is 0.111. The summed E-state index contributed by atoms with van der Waals surface area (Å²) in [5.41, 5.74) is 7.43. The number of anilines is 1. The molecule has 34 heavy (non-hydrogen) atoms. The quantitative estimate of drug-likeness (QED) is 0.345. The van der Waals surface area contributed by atoms with Gasteiger partial charge in [0.05, 0.1) is 18.5 Å². The maximum atomic E-state index is 6.19. The van der Waals surface area contributed by atoms with Gasteiger partial charge in [-0.15, -0.1) is 0 Å². The molecule has 0 bridgehead atoms. The van der Waals surface area contributed by atoms with Crippen LogP contribution in [0.15, 0.2) is 71.8 Å². The van der Waals surface area contributed by atoms with E-state index in [1.807, 2.05) is 68.4 Å². The van der Waals surface area contributed by atoms with Crippen molar-refractivity contribution < 1.29 is 14.2 Å². The highest BCUT2D eigenvalue weighted by Crippen LogP contribution is 2.36. The number of hydrazone groups is 1. The predicted octanol–water partition coefficient (Wildman–Crippen LogP) is 5.83. The molecule has 2 N–H and O–H groups in total. The second-order valence-corrected chi connectivity index (χ2v) is 9.14. The van der Waals surface area contributed by atoms with Crippen LogP contribution >= 0.6 is 12.2 Å². The highest BCUT2D eigenvalue weighted by atomic mass is 32.1. The first-order valence-electron chi connectivity index (χ1n) is 11.1. The summed E-state index contributed by atoms with van der Waals surface area (Å²) < 4.78 is 17.7. The predicted molar refractivity (Wildman–Crippen MR) is 140 cm³/mol. The molecule has 176 valence electrons. The number of nitrogens with zero attached hydrogens (tertiary/aromatic N) is 1. The monoisotopic (exact) mass is 475 g/mol. The molecule has 0 aromatic heterocycles. The van der Waals surface area contributed by atoms with E-state index in [4.69, 9.17) is 26.4 Å². The lowest BCUT2D eigenvalue weighted by atomic mass is 9.92. The molecule has 7 heteroatoms. The van der Waals surface area contributed by atoms with Gasteiger partial charge in [0, 0.05) is 12.0 Å². The molecule has 1 heterocycles. The highest BCUT2D eigenvalue weighted by molar-refractivity contribution is 7.80. The Morgan fingerprint density at radius 1 is 1.09 bits per heavy atom. The van der Waals surface area contributed by atoms with Gasteiger partial charge >= 0.3 is 0 Å². The molecule has 0 aliphatic carbocycles. The molecule has 0 saturated heterocycles. The third kappa shape index (κ3) is 5.66. The van der Waals surface area contributed by atoms with Gasteiger partial charge in [0.25, 0.3) is 0 Å². The van der Waals surface area contributed by atoms with E-state index in [2.05, 4.69) is 34.9 Å². The minimum absolute atomic E-state index is 0.370. The van der Waals surface area contributed by atoms with Crippen molar-refractivity contribution in [2.75, 3.05) is 12.4 Å². The average Bonchev–Trinajstić information content (AvgIpc) is 2.82. The molecule has 0 unspecified atom stereocenters. The maximum absolute atomic E-state index is 6.19. The number of hydrogen-bond donors (Lipinski definition) is 2. The Balaban J connectivity index is 1.52. The number of rotatable bonds is 6. The Morgan fingerprint density at radius 3 is 2.65 bits per heavy atom. The molecular formula is C27H29N3O3S. The van der Waals surface area contributed by atoms with Crippen LogP contribution in [-0.4, -0.2) is 23.5 Å². The van der Waals surface area contributed by atoms with Crippen LogP contribution in [0.1, 0.15) is 37.0 Å². The van der Waals surface area contributed by atoms with Gasteiger partial charge in [0.1, 0.15) is 29.5 Å². The molecule has 3 aromatic rings. The van der Waals surface area contributed by atoms with Gasteiger partial charge in [-0.2, -0.15) is 5.10 Å². The van der Waals surface area contributed by atoms with Gasteiger partial charge < -0.3 is 19.5 Å². The standard InChI is InChI=1S/C27H29N3O3S/c1-18-9-5-6-10-19(18)17-32-20-13-14-24-21(15-20)23(16-27(2,3)33-24)29-30-26(34)28-22-11-7-8-12-25(22)31-4/h5-15H,16-17H2,1-4H3,(H2,28,30,34)/b29-23-. The molecule has 0 radical (unpaired) electrons. The molecule has 0 fully saturated rings. The number of aryl methyl sites for hydroxylation is 1. The van der Waals surface area contributed by atoms with Crippen molar-refractivity contribution in [2.24, 2.45) is 5.10 Å². The average molecular weight is 476 g/mol. The van der Waals surface area contributed by atoms with Crippen molar-refractivity contribution in [1.29, 1.82) is 0 Å². The Morgan fingerprint density at radius 2 is 1.85 bits per heavy atom. The first kappa shape index (κ1) is 23.6.